The number of para-hydroxylation sites is 1. The molecule has 2 aromatic carbocycles. The van der Waals surface area contributed by atoms with Gasteiger partial charge in [-0.15, -0.1) is 0 Å². The van der Waals surface area contributed by atoms with E-state index in [1.807, 2.05) is 67.1 Å². The summed E-state index contributed by atoms with van der Waals surface area (Å²) < 4.78 is 13.5. The number of aryl methyl sites for hydroxylation is 1. The molecule has 0 aliphatic carbocycles. The Labute approximate surface area is 209 Å². The topological polar surface area (TPSA) is 73.4 Å². The zero-order valence-corrected chi connectivity index (χ0v) is 20.2. The van der Waals surface area contributed by atoms with E-state index in [0.29, 0.717) is 23.1 Å². The molecule has 0 amide bonds. The van der Waals surface area contributed by atoms with Crippen LogP contribution in [0.25, 0.3) is 22.1 Å². The summed E-state index contributed by atoms with van der Waals surface area (Å²) in [6.45, 7) is 2.91. The van der Waals surface area contributed by atoms with Gasteiger partial charge in [0.25, 0.3) is 0 Å². The number of methoxy groups -OCH3 is 1. The molecule has 5 rings (SSSR count). The molecule has 0 atom stereocenters. The second-order valence-corrected chi connectivity index (χ2v) is 8.72. The van der Waals surface area contributed by atoms with Crippen molar-refractivity contribution in [3.8, 4) is 16.9 Å². The maximum atomic E-state index is 13.4. The van der Waals surface area contributed by atoms with Crippen molar-refractivity contribution in [1.29, 1.82) is 0 Å². The lowest BCUT2D eigenvalue weighted by atomic mass is 10.0. The number of hydrogen-bond donors (Lipinski definition) is 0. The van der Waals surface area contributed by atoms with Crippen LogP contribution in [0.1, 0.15) is 17.5 Å². The van der Waals surface area contributed by atoms with Crippen molar-refractivity contribution in [3.63, 3.8) is 0 Å². The maximum Gasteiger partial charge on any atom is 0.197 e. The Morgan fingerprint density at radius 1 is 1.00 bits per heavy atom. The van der Waals surface area contributed by atoms with Crippen LogP contribution in [0.5, 0.6) is 5.75 Å². The summed E-state index contributed by atoms with van der Waals surface area (Å²) in [7, 11) is 1.65. The lowest BCUT2D eigenvalue weighted by Gasteiger charge is -2.22. The monoisotopic (exact) mass is 480 g/mol. The molecule has 0 spiro atoms. The first-order valence-corrected chi connectivity index (χ1v) is 12.0. The molecular formula is C29H28N4O3. The SMILES string of the molecule is COc1ccccc1-c1ccc2c(=O)c(CN(CCCn3ccnc3)Cc3ccncc3)coc2c1. The normalized spacial score (nSPS) is 11.3. The average molecular weight is 481 g/mol. The van der Waals surface area contributed by atoms with Crippen LogP contribution in [0.2, 0.25) is 0 Å². The summed E-state index contributed by atoms with van der Waals surface area (Å²) in [5.74, 6) is 0.776. The molecule has 0 radical (unpaired) electrons. The van der Waals surface area contributed by atoms with Gasteiger partial charge in [-0.1, -0.05) is 24.3 Å². The Kier molecular flexibility index (Phi) is 7.19. The van der Waals surface area contributed by atoms with Gasteiger partial charge in [0.2, 0.25) is 0 Å². The van der Waals surface area contributed by atoms with Crippen LogP contribution in [0, 0.1) is 0 Å². The molecule has 3 heterocycles. The fourth-order valence-electron chi connectivity index (χ4n) is 4.43. The zero-order valence-electron chi connectivity index (χ0n) is 20.2. The molecule has 7 heteroatoms. The van der Waals surface area contributed by atoms with E-state index in [2.05, 4.69) is 19.4 Å². The van der Waals surface area contributed by atoms with E-state index in [1.54, 1.807) is 32.0 Å². The molecule has 0 aliphatic rings. The third kappa shape index (κ3) is 5.37. The highest BCUT2D eigenvalue weighted by molar-refractivity contribution is 5.84. The van der Waals surface area contributed by atoms with Crippen LogP contribution in [-0.4, -0.2) is 33.1 Å². The number of ether oxygens (including phenoxy) is 1. The average Bonchev–Trinajstić information content (AvgIpc) is 3.44. The van der Waals surface area contributed by atoms with Crippen LogP contribution >= 0.6 is 0 Å². The van der Waals surface area contributed by atoms with Crippen molar-refractivity contribution in [3.05, 3.63) is 113 Å². The molecular weight excluding hydrogens is 452 g/mol. The van der Waals surface area contributed by atoms with E-state index in [-0.39, 0.29) is 5.43 Å². The first-order valence-electron chi connectivity index (χ1n) is 12.0. The van der Waals surface area contributed by atoms with Crippen molar-refractivity contribution in [2.45, 2.75) is 26.1 Å². The van der Waals surface area contributed by atoms with Crippen molar-refractivity contribution in [2.75, 3.05) is 13.7 Å². The quantitative estimate of drug-likeness (QED) is 0.275. The number of rotatable bonds is 10. The summed E-state index contributed by atoms with van der Waals surface area (Å²) in [5, 5.41) is 0.577. The van der Waals surface area contributed by atoms with Crippen LogP contribution in [-0.2, 0) is 19.6 Å². The Balaban J connectivity index is 1.39. The summed E-state index contributed by atoms with van der Waals surface area (Å²) in [5.41, 5.74) is 4.25. The van der Waals surface area contributed by atoms with Crippen molar-refractivity contribution >= 4 is 11.0 Å². The molecule has 0 saturated carbocycles. The second-order valence-electron chi connectivity index (χ2n) is 8.72. The smallest absolute Gasteiger partial charge is 0.197 e. The molecule has 7 nitrogen and oxygen atoms in total. The van der Waals surface area contributed by atoms with Crippen LogP contribution < -0.4 is 10.2 Å². The minimum Gasteiger partial charge on any atom is -0.496 e. The summed E-state index contributed by atoms with van der Waals surface area (Å²) in [4.78, 5) is 23.9. The van der Waals surface area contributed by atoms with E-state index in [4.69, 9.17) is 9.15 Å². The van der Waals surface area contributed by atoms with Crippen LogP contribution in [0.15, 0.2) is 101 Å². The number of imidazole rings is 1. The predicted octanol–water partition coefficient (Wildman–Crippen LogP) is 5.15. The summed E-state index contributed by atoms with van der Waals surface area (Å²) in [6, 6.07) is 17.5. The van der Waals surface area contributed by atoms with Gasteiger partial charge in [-0.25, -0.2) is 4.98 Å². The van der Waals surface area contributed by atoms with E-state index >= 15 is 0 Å². The largest absolute Gasteiger partial charge is 0.496 e. The highest BCUT2D eigenvalue weighted by Crippen LogP contribution is 2.31. The van der Waals surface area contributed by atoms with Crippen LogP contribution in [0.3, 0.4) is 0 Å². The Hall–Kier alpha value is -4.23. The molecule has 36 heavy (non-hydrogen) atoms. The first kappa shape index (κ1) is 23.5. The van der Waals surface area contributed by atoms with Crippen LogP contribution in [0.4, 0.5) is 0 Å². The zero-order chi connectivity index (χ0) is 24.7. The van der Waals surface area contributed by atoms with Crippen molar-refractivity contribution in [2.24, 2.45) is 0 Å². The molecule has 0 N–H and O–H groups in total. The molecule has 0 bridgehead atoms. The van der Waals surface area contributed by atoms with Gasteiger partial charge in [0, 0.05) is 62.1 Å². The number of fused-ring (bicyclic) bond motifs is 1. The number of hydrogen-bond acceptors (Lipinski definition) is 6. The Bertz CT molecular complexity index is 1480. The minimum atomic E-state index is -0.00263. The molecule has 3 aromatic heterocycles. The van der Waals surface area contributed by atoms with E-state index in [0.717, 1.165) is 48.5 Å². The van der Waals surface area contributed by atoms with Gasteiger partial charge in [-0.3, -0.25) is 14.7 Å². The van der Waals surface area contributed by atoms with Crippen molar-refractivity contribution in [1.82, 2.24) is 19.4 Å². The number of benzene rings is 2. The molecule has 0 fully saturated rings. The second kappa shape index (κ2) is 11.0. The highest BCUT2D eigenvalue weighted by atomic mass is 16.5. The standard InChI is InChI=1S/C29H28N4O3/c1-35-27-6-3-2-5-25(27)23-7-8-26-28(17-23)36-20-24(29(26)34)19-33(18-22-9-11-30-12-10-22)15-4-14-32-16-13-31-21-32/h2-3,5-13,16-17,20-21H,4,14-15,18-19H2,1H3. The first-order chi connectivity index (χ1) is 17.7. The van der Waals surface area contributed by atoms with E-state index in [9.17, 15) is 4.79 Å². The van der Waals surface area contributed by atoms with Gasteiger partial charge >= 0.3 is 0 Å². The van der Waals surface area contributed by atoms with E-state index < -0.39 is 0 Å². The predicted molar refractivity (Wildman–Crippen MR) is 140 cm³/mol. The van der Waals surface area contributed by atoms with E-state index in [1.165, 1.54) is 0 Å². The third-order valence-corrected chi connectivity index (χ3v) is 6.26. The fraction of sp³-hybridized carbons (Fsp3) is 0.207. The summed E-state index contributed by atoms with van der Waals surface area (Å²) >= 11 is 0. The Morgan fingerprint density at radius 3 is 2.67 bits per heavy atom. The van der Waals surface area contributed by atoms with Gasteiger partial charge in [0.05, 0.1) is 25.1 Å². The molecule has 5 aromatic rings. The third-order valence-electron chi connectivity index (χ3n) is 6.26. The van der Waals surface area contributed by atoms with Gasteiger partial charge in [0.1, 0.15) is 11.3 Å². The number of nitrogens with zero attached hydrogens (tertiary/aromatic N) is 4. The molecule has 182 valence electrons. The van der Waals surface area contributed by atoms with Gasteiger partial charge in [0.15, 0.2) is 5.43 Å². The lowest BCUT2D eigenvalue weighted by molar-refractivity contribution is 0.246. The lowest BCUT2D eigenvalue weighted by Crippen LogP contribution is -2.27. The number of pyridine rings is 1. The summed E-state index contributed by atoms with van der Waals surface area (Å²) in [6.07, 6.45) is 11.7. The van der Waals surface area contributed by atoms with Crippen molar-refractivity contribution < 1.29 is 9.15 Å². The number of aromatic nitrogens is 3. The molecule has 0 saturated heterocycles. The molecule has 0 aliphatic heterocycles. The molecule has 0 unspecified atom stereocenters. The maximum absolute atomic E-state index is 13.4. The highest BCUT2D eigenvalue weighted by Gasteiger charge is 2.14. The Morgan fingerprint density at radius 2 is 1.86 bits per heavy atom. The van der Waals surface area contributed by atoms with Gasteiger partial charge in [-0.2, -0.15) is 0 Å². The van der Waals surface area contributed by atoms with Gasteiger partial charge < -0.3 is 13.7 Å². The van der Waals surface area contributed by atoms with Gasteiger partial charge in [-0.05, 0) is 47.9 Å². The fourth-order valence-corrected chi connectivity index (χ4v) is 4.43. The minimum absolute atomic E-state index is 0.00263.